The van der Waals surface area contributed by atoms with Crippen molar-refractivity contribution in [3.8, 4) is 22.8 Å². The maximum absolute atomic E-state index is 13.2. The van der Waals surface area contributed by atoms with Crippen molar-refractivity contribution in [3.05, 3.63) is 65.6 Å². The number of methoxy groups -OCH3 is 2. The summed E-state index contributed by atoms with van der Waals surface area (Å²) in [6.07, 6.45) is 1.94. The molecule has 1 aromatic heterocycles. The minimum atomic E-state index is -0.256. The van der Waals surface area contributed by atoms with E-state index in [1.54, 1.807) is 44.1 Å². The number of carbonyl (C=O) groups is 1. The first-order valence-corrected chi connectivity index (χ1v) is 9.76. The topological polar surface area (TPSA) is 65.4 Å². The molecule has 0 atom stereocenters. The van der Waals surface area contributed by atoms with Crippen LogP contribution in [0.3, 0.4) is 0 Å². The fourth-order valence-electron chi connectivity index (χ4n) is 3.69. The summed E-state index contributed by atoms with van der Waals surface area (Å²) in [4.78, 5) is 12.9. The van der Waals surface area contributed by atoms with E-state index in [0.29, 0.717) is 29.4 Å². The average Bonchev–Trinajstić information content (AvgIpc) is 3.46. The molecule has 0 spiro atoms. The van der Waals surface area contributed by atoms with Gasteiger partial charge in [0, 0.05) is 24.6 Å². The van der Waals surface area contributed by atoms with Gasteiger partial charge < -0.3 is 14.8 Å². The Morgan fingerprint density at radius 3 is 2.50 bits per heavy atom. The number of hydrogen-bond donors (Lipinski definition) is 1. The third-order valence-corrected chi connectivity index (χ3v) is 5.69. The molecule has 0 unspecified atom stereocenters. The number of nitrogens with one attached hydrogen (secondary N) is 1. The molecule has 0 aliphatic heterocycles. The van der Waals surface area contributed by atoms with Crippen LogP contribution in [0, 0.1) is 5.82 Å². The lowest BCUT2D eigenvalue weighted by Crippen LogP contribution is -2.33. The zero-order valence-corrected chi connectivity index (χ0v) is 17.2. The summed E-state index contributed by atoms with van der Waals surface area (Å²) < 4.78 is 25.5. The molecular formula is C23H24FN3O3. The van der Waals surface area contributed by atoms with Crippen LogP contribution in [0.1, 0.15) is 28.9 Å². The fraction of sp³-hybridized carbons (Fsp3) is 0.304. The van der Waals surface area contributed by atoms with Gasteiger partial charge in [-0.2, -0.15) is 5.10 Å². The van der Waals surface area contributed by atoms with E-state index in [1.807, 2.05) is 18.2 Å². The second-order valence-electron chi connectivity index (χ2n) is 7.57. The predicted octanol–water partition coefficient (Wildman–Crippen LogP) is 3.71. The van der Waals surface area contributed by atoms with Crippen molar-refractivity contribution in [3.63, 3.8) is 0 Å². The molecule has 1 heterocycles. The molecule has 1 N–H and O–H groups in total. The molecule has 30 heavy (non-hydrogen) atoms. The van der Waals surface area contributed by atoms with E-state index in [9.17, 15) is 9.18 Å². The Labute approximate surface area is 174 Å². The summed E-state index contributed by atoms with van der Waals surface area (Å²) in [6.45, 7) is 0.500. The van der Waals surface area contributed by atoms with E-state index < -0.39 is 0 Å². The van der Waals surface area contributed by atoms with E-state index in [2.05, 4.69) is 10.4 Å². The van der Waals surface area contributed by atoms with Crippen LogP contribution in [0.5, 0.6) is 11.5 Å². The number of ether oxygens (including phenoxy) is 2. The van der Waals surface area contributed by atoms with Crippen molar-refractivity contribution in [1.82, 2.24) is 15.1 Å². The van der Waals surface area contributed by atoms with Crippen LogP contribution in [-0.2, 0) is 12.5 Å². The summed E-state index contributed by atoms with van der Waals surface area (Å²) >= 11 is 0. The highest BCUT2D eigenvalue weighted by Gasteiger charge is 2.44. The van der Waals surface area contributed by atoms with E-state index in [-0.39, 0.29) is 17.1 Å². The third-order valence-electron chi connectivity index (χ3n) is 5.69. The normalized spacial score (nSPS) is 14.3. The zero-order chi connectivity index (χ0) is 21.3. The van der Waals surface area contributed by atoms with Gasteiger partial charge in [0.05, 0.1) is 19.9 Å². The first kappa shape index (κ1) is 19.9. The number of aromatic nitrogens is 2. The Bertz CT molecular complexity index is 1070. The number of benzene rings is 2. The highest BCUT2D eigenvalue weighted by atomic mass is 19.1. The van der Waals surface area contributed by atoms with E-state index in [1.165, 1.54) is 12.1 Å². The van der Waals surface area contributed by atoms with Crippen LogP contribution < -0.4 is 14.8 Å². The zero-order valence-electron chi connectivity index (χ0n) is 17.2. The first-order valence-electron chi connectivity index (χ1n) is 9.76. The smallest absolute Gasteiger partial charge is 0.269 e. The minimum absolute atomic E-state index is 0.110. The van der Waals surface area contributed by atoms with E-state index >= 15 is 0 Å². The van der Waals surface area contributed by atoms with Crippen LogP contribution in [-0.4, -0.2) is 36.5 Å². The highest BCUT2D eigenvalue weighted by Crippen LogP contribution is 2.47. The van der Waals surface area contributed by atoms with Gasteiger partial charge in [-0.1, -0.05) is 12.1 Å². The van der Waals surface area contributed by atoms with Gasteiger partial charge in [0.1, 0.15) is 23.0 Å². The Hall–Kier alpha value is -3.35. The molecular weight excluding hydrogens is 385 g/mol. The van der Waals surface area contributed by atoms with Crippen molar-refractivity contribution in [2.75, 3.05) is 20.8 Å². The van der Waals surface area contributed by atoms with Gasteiger partial charge in [-0.3, -0.25) is 9.48 Å². The lowest BCUT2D eigenvalue weighted by Gasteiger charge is -2.16. The Kier molecular flexibility index (Phi) is 5.20. The summed E-state index contributed by atoms with van der Waals surface area (Å²) in [5, 5.41) is 7.51. The molecule has 1 fully saturated rings. The second-order valence-corrected chi connectivity index (χ2v) is 7.57. The van der Waals surface area contributed by atoms with E-state index in [0.717, 1.165) is 24.0 Å². The standard InChI is InChI=1S/C23H24FN3O3/c1-27-20(13-19(26-27)18-12-17(29-2)8-9-21(18)30-3)22(28)25-14-23(10-11-23)15-4-6-16(24)7-5-15/h4-9,12-13H,10-11,14H2,1-3H3,(H,25,28). The van der Waals surface area contributed by atoms with Crippen molar-refractivity contribution >= 4 is 5.91 Å². The number of hydrogen-bond acceptors (Lipinski definition) is 4. The molecule has 2 aromatic carbocycles. The molecule has 1 saturated carbocycles. The Balaban J connectivity index is 1.52. The number of amides is 1. The molecule has 3 aromatic rings. The van der Waals surface area contributed by atoms with Gasteiger partial charge in [0.25, 0.3) is 5.91 Å². The molecule has 4 rings (SSSR count). The molecule has 0 saturated heterocycles. The molecule has 7 heteroatoms. The Morgan fingerprint density at radius 1 is 1.13 bits per heavy atom. The first-order chi connectivity index (χ1) is 14.5. The van der Waals surface area contributed by atoms with Gasteiger partial charge in [-0.25, -0.2) is 4.39 Å². The maximum atomic E-state index is 13.2. The lowest BCUT2D eigenvalue weighted by atomic mass is 9.96. The predicted molar refractivity (Wildman–Crippen MR) is 111 cm³/mol. The Morgan fingerprint density at radius 2 is 1.87 bits per heavy atom. The number of carbonyl (C=O) groups excluding carboxylic acids is 1. The lowest BCUT2D eigenvalue weighted by molar-refractivity contribution is 0.0940. The van der Waals surface area contributed by atoms with Gasteiger partial charge in [0.15, 0.2) is 0 Å². The summed E-state index contributed by atoms with van der Waals surface area (Å²) in [7, 11) is 4.92. The second kappa shape index (κ2) is 7.82. The SMILES string of the molecule is COc1ccc(OC)c(-c2cc(C(=O)NCC3(c4ccc(F)cc4)CC3)n(C)n2)c1. The number of aryl methyl sites for hydroxylation is 1. The van der Waals surface area contributed by atoms with Gasteiger partial charge in [-0.15, -0.1) is 0 Å². The molecule has 0 radical (unpaired) electrons. The summed E-state index contributed by atoms with van der Waals surface area (Å²) in [5.74, 6) is 0.868. The molecule has 1 aliphatic carbocycles. The van der Waals surface area contributed by atoms with Crippen LogP contribution in [0.25, 0.3) is 11.3 Å². The van der Waals surface area contributed by atoms with Crippen molar-refractivity contribution in [2.45, 2.75) is 18.3 Å². The molecule has 156 valence electrons. The summed E-state index contributed by atoms with van der Waals surface area (Å²) in [5.41, 5.74) is 2.76. The van der Waals surface area contributed by atoms with Crippen molar-refractivity contribution in [2.24, 2.45) is 7.05 Å². The van der Waals surface area contributed by atoms with Gasteiger partial charge >= 0.3 is 0 Å². The fourth-order valence-corrected chi connectivity index (χ4v) is 3.69. The van der Waals surface area contributed by atoms with Gasteiger partial charge in [0.2, 0.25) is 0 Å². The quantitative estimate of drug-likeness (QED) is 0.646. The maximum Gasteiger partial charge on any atom is 0.269 e. The van der Waals surface area contributed by atoms with Crippen molar-refractivity contribution < 1.29 is 18.7 Å². The number of rotatable bonds is 7. The molecule has 6 nitrogen and oxygen atoms in total. The molecule has 1 aliphatic rings. The largest absolute Gasteiger partial charge is 0.497 e. The number of nitrogens with zero attached hydrogens (tertiary/aromatic N) is 2. The van der Waals surface area contributed by atoms with Crippen LogP contribution >= 0.6 is 0 Å². The van der Waals surface area contributed by atoms with Gasteiger partial charge in [-0.05, 0) is 54.8 Å². The van der Waals surface area contributed by atoms with Crippen molar-refractivity contribution in [1.29, 1.82) is 0 Å². The summed E-state index contributed by atoms with van der Waals surface area (Å²) in [6, 6.07) is 13.7. The molecule has 0 bridgehead atoms. The third kappa shape index (κ3) is 3.75. The van der Waals surface area contributed by atoms with Crippen LogP contribution in [0.2, 0.25) is 0 Å². The van der Waals surface area contributed by atoms with Crippen LogP contribution in [0.4, 0.5) is 4.39 Å². The number of halogens is 1. The van der Waals surface area contributed by atoms with Crippen LogP contribution in [0.15, 0.2) is 48.5 Å². The molecule has 1 amide bonds. The minimum Gasteiger partial charge on any atom is -0.497 e. The monoisotopic (exact) mass is 409 g/mol. The highest BCUT2D eigenvalue weighted by molar-refractivity contribution is 5.94. The van der Waals surface area contributed by atoms with E-state index in [4.69, 9.17) is 9.47 Å². The average molecular weight is 409 g/mol.